The minimum absolute atomic E-state index is 0.00158. The second kappa shape index (κ2) is 8.44. The Hall–Kier alpha value is -2.66. The number of anilines is 1. The SMILES string of the molecule is CCCN(CC(C)O)c1ccc(C(=O)c2ccccc2C(=O)O)cc1. The summed E-state index contributed by atoms with van der Waals surface area (Å²) >= 11 is 0. The molecule has 0 heterocycles. The van der Waals surface area contributed by atoms with Crippen LogP contribution in [0.15, 0.2) is 48.5 Å². The van der Waals surface area contributed by atoms with Crippen LogP contribution in [0.5, 0.6) is 0 Å². The summed E-state index contributed by atoms with van der Waals surface area (Å²) in [6, 6.07) is 13.2. The van der Waals surface area contributed by atoms with E-state index in [1.54, 1.807) is 31.2 Å². The third-order valence-electron chi connectivity index (χ3n) is 3.87. The van der Waals surface area contributed by atoms with Crippen LogP contribution in [-0.2, 0) is 0 Å². The van der Waals surface area contributed by atoms with Crippen molar-refractivity contribution in [1.82, 2.24) is 0 Å². The summed E-state index contributed by atoms with van der Waals surface area (Å²) in [7, 11) is 0. The fraction of sp³-hybridized carbons (Fsp3) is 0.300. The molecule has 0 spiro atoms. The molecule has 0 saturated carbocycles. The molecule has 0 aliphatic rings. The van der Waals surface area contributed by atoms with Gasteiger partial charge in [-0.3, -0.25) is 4.79 Å². The molecule has 0 fully saturated rings. The van der Waals surface area contributed by atoms with Crippen molar-refractivity contribution in [3.8, 4) is 0 Å². The minimum atomic E-state index is -1.12. The van der Waals surface area contributed by atoms with Gasteiger partial charge in [0.2, 0.25) is 0 Å². The zero-order valence-corrected chi connectivity index (χ0v) is 14.5. The molecule has 0 amide bonds. The normalized spacial score (nSPS) is 11.8. The number of benzene rings is 2. The standard InChI is InChI=1S/C20H23NO4/c1-3-12-21(13-14(2)22)16-10-8-15(9-11-16)19(23)17-6-4-5-7-18(17)20(24)25/h4-11,14,22H,3,12-13H2,1-2H3,(H,24,25). The summed E-state index contributed by atoms with van der Waals surface area (Å²) in [5.74, 6) is -1.44. The fourth-order valence-electron chi connectivity index (χ4n) is 2.76. The van der Waals surface area contributed by atoms with E-state index < -0.39 is 12.1 Å². The number of carboxylic acids is 1. The van der Waals surface area contributed by atoms with Crippen LogP contribution in [0.1, 0.15) is 46.5 Å². The predicted molar refractivity (Wildman–Crippen MR) is 97.5 cm³/mol. The summed E-state index contributed by atoms with van der Waals surface area (Å²) < 4.78 is 0. The van der Waals surface area contributed by atoms with Crippen molar-refractivity contribution in [3.05, 3.63) is 65.2 Å². The number of rotatable bonds is 8. The Labute approximate surface area is 147 Å². The van der Waals surface area contributed by atoms with E-state index in [0.29, 0.717) is 12.1 Å². The van der Waals surface area contributed by atoms with Crippen molar-refractivity contribution in [2.75, 3.05) is 18.0 Å². The minimum Gasteiger partial charge on any atom is -0.478 e. The molecule has 0 aliphatic carbocycles. The molecule has 5 heteroatoms. The highest BCUT2D eigenvalue weighted by Crippen LogP contribution is 2.20. The summed E-state index contributed by atoms with van der Waals surface area (Å²) in [6.07, 6.45) is 0.495. The van der Waals surface area contributed by atoms with Crippen LogP contribution < -0.4 is 4.90 Å². The van der Waals surface area contributed by atoms with E-state index in [1.807, 2.05) is 12.1 Å². The first-order valence-corrected chi connectivity index (χ1v) is 8.34. The average molecular weight is 341 g/mol. The molecule has 1 unspecified atom stereocenters. The van der Waals surface area contributed by atoms with Gasteiger partial charge in [-0.05, 0) is 43.7 Å². The Kier molecular flexibility index (Phi) is 6.31. The number of nitrogens with zero attached hydrogens (tertiary/aromatic N) is 1. The van der Waals surface area contributed by atoms with Gasteiger partial charge in [-0.1, -0.05) is 25.1 Å². The van der Waals surface area contributed by atoms with Gasteiger partial charge in [-0.25, -0.2) is 4.79 Å². The van der Waals surface area contributed by atoms with Crippen LogP contribution >= 0.6 is 0 Å². The number of carbonyl (C=O) groups excluding carboxylic acids is 1. The Morgan fingerprint density at radius 1 is 1.04 bits per heavy atom. The molecule has 25 heavy (non-hydrogen) atoms. The van der Waals surface area contributed by atoms with E-state index in [0.717, 1.165) is 18.7 Å². The van der Waals surface area contributed by atoms with E-state index in [2.05, 4.69) is 11.8 Å². The molecule has 0 radical (unpaired) electrons. The highest BCUT2D eigenvalue weighted by molar-refractivity contribution is 6.14. The molecule has 2 rings (SSSR count). The van der Waals surface area contributed by atoms with Crippen LogP contribution in [-0.4, -0.2) is 41.2 Å². The highest BCUT2D eigenvalue weighted by atomic mass is 16.4. The predicted octanol–water partition coefficient (Wildman–Crippen LogP) is 3.21. The number of hydrogen-bond donors (Lipinski definition) is 2. The Morgan fingerprint density at radius 3 is 2.16 bits per heavy atom. The zero-order chi connectivity index (χ0) is 18.4. The number of ketones is 1. The van der Waals surface area contributed by atoms with Gasteiger partial charge in [0.15, 0.2) is 5.78 Å². The third kappa shape index (κ3) is 4.67. The molecule has 2 N–H and O–H groups in total. The number of aromatic carboxylic acids is 1. The van der Waals surface area contributed by atoms with Gasteiger partial charge in [0.25, 0.3) is 0 Å². The van der Waals surface area contributed by atoms with Gasteiger partial charge in [0.05, 0.1) is 11.7 Å². The van der Waals surface area contributed by atoms with Crippen LogP contribution in [0.2, 0.25) is 0 Å². The number of carbonyl (C=O) groups is 2. The van der Waals surface area contributed by atoms with E-state index in [9.17, 15) is 19.8 Å². The molecule has 0 aromatic heterocycles. The second-order valence-electron chi connectivity index (χ2n) is 6.02. The van der Waals surface area contributed by atoms with Gasteiger partial charge in [0.1, 0.15) is 0 Å². The first-order chi connectivity index (χ1) is 11.9. The molecule has 0 aliphatic heterocycles. The molecule has 132 valence electrons. The van der Waals surface area contributed by atoms with Gasteiger partial charge in [-0.2, -0.15) is 0 Å². The van der Waals surface area contributed by atoms with Crippen LogP contribution in [0, 0.1) is 0 Å². The monoisotopic (exact) mass is 341 g/mol. The lowest BCUT2D eigenvalue weighted by Gasteiger charge is -2.25. The lowest BCUT2D eigenvalue weighted by Crippen LogP contribution is -2.31. The van der Waals surface area contributed by atoms with E-state index in [4.69, 9.17) is 0 Å². The molecule has 2 aromatic carbocycles. The summed E-state index contributed by atoms with van der Waals surface area (Å²) in [5, 5.41) is 18.9. The van der Waals surface area contributed by atoms with Gasteiger partial charge in [0, 0.05) is 29.9 Å². The molecule has 5 nitrogen and oxygen atoms in total. The highest BCUT2D eigenvalue weighted by Gasteiger charge is 2.17. The van der Waals surface area contributed by atoms with Gasteiger partial charge in [-0.15, -0.1) is 0 Å². The maximum absolute atomic E-state index is 12.6. The van der Waals surface area contributed by atoms with E-state index in [1.165, 1.54) is 12.1 Å². The van der Waals surface area contributed by atoms with Crippen molar-refractivity contribution >= 4 is 17.4 Å². The van der Waals surface area contributed by atoms with Crippen molar-refractivity contribution in [2.45, 2.75) is 26.4 Å². The summed E-state index contributed by atoms with van der Waals surface area (Å²) in [5.41, 5.74) is 1.53. The van der Waals surface area contributed by atoms with Crippen molar-refractivity contribution in [2.24, 2.45) is 0 Å². The molecular weight excluding hydrogens is 318 g/mol. The Bertz CT molecular complexity index is 738. The van der Waals surface area contributed by atoms with Gasteiger partial charge >= 0.3 is 5.97 Å². The maximum Gasteiger partial charge on any atom is 0.336 e. The van der Waals surface area contributed by atoms with Crippen LogP contribution in [0.3, 0.4) is 0 Å². The quantitative estimate of drug-likeness (QED) is 0.721. The largest absolute Gasteiger partial charge is 0.478 e. The molecule has 0 saturated heterocycles. The summed E-state index contributed by atoms with van der Waals surface area (Å²) in [4.78, 5) is 26.0. The first-order valence-electron chi connectivity index (χ1n) is 8.34. The first kappa shape index (κ1) is 18.7. The third-order valence-corrected chi connectivity index (χ3v) is 3.87. The van der Waals surface area contributed by atoms with Crippen molar-refractivity contribution < 1.29 is 19.8 Å². The maximum atomic E-state index is 12.6. The Balaban J connectivity index is 2.27. The zero-order valence-electron chi connectivity index (χ0n) is 14.5. The summed E-state index contributed by atoms with van der Waals surface area (Å²) in [6.45, 7) is 5.13. The van der Waals surface area contributed by atoms with Crippen molar-refractivity contribution in [1.29, 1.82) is 0 Å². The molecule has 1 atom stereocenters. The number of hydrogen-bond acceptors (Lipinski definition) is 4. The topological polar surface area (TPSA) is 77.8 Å². The number of aliphatic hydroxyl groups is 1. The van der Waals surface area contributed by atoms with Crippen LogP contribution in [0.25, 0.3) is 0 Å². The molecule has 2 aromatic rings. The smallest absolute Gasteiger partial charge is 0.336 e. The average Bonchev–Trinajstić information content (AvgIpc) is 2.60. The molecule has 0 bridgehead atoms. The second-order valence-corrected chi connectivity index (χ2v) is 6.02. The van der Waals surface area contributed by atoms with E-state index >= 15 is 0 Å². The lowest BCUT2D eigenvalue weighted by atomic mass is 9.98. The number of aliphatic hydroxyl groups excluding tert-OH is 1. The van der Waals surface area contributed by atoms with Gasteiger partial charge < -0.3 is 15.1 Å². The van der Waals surface area contributed by atoms with Crippen LogP contribution in [0.4, 0.5) is 5.69 Å². The van der Waals surface area contributed by atoms with Crippen molar-refractivity contribution in [3.63, 3.8) is 0 Å². The molecular formula is C20H23NO4. The Morgan fingerprint density at radius 2 is 1.64 bits per heavy atom. The fourth-order valence-corrected chi connectivity index (χ4v) is 2.76. The van der Waals surface area contributed by atoms with E-state index in [-0.39, 0.29) is 16.9 Å². The number of carboxylic acid groups (broad SMARTS) is 1. The lowest BCUT2D eigenvalue weighted by molar-refractivity contribution is 0.0692.